The lowest BCUT2D eigenvalue weighted by molar-refractivity contribution is 0.270. The molecule has 0 amide bonds. The van der Waals surface area contributed by atoms with Crippen LogP contribution in [0.5, 0.6) is 5.75 Å². The Morgan fingerprint density at radius 3 is 2.55 bits per heavy atom. The van der Waals surface area contributed by atoms with E-state index in [2.05, 4.69) is 20.1 Å². The van der Waals surface area contributed by atoms with Gasteiger partial charge in [-0.25, -0.2) is 0 Å². The number of hydrogen-bond donors (Lipinski definition) is 3. The summed E-state index contributed by atoms with van der Waals surface area (Å²) in [6.45, 7) is 4.85. The van der Waals surface area contributed by atoms with Gasteiger partial charge in [0, 0.05) is 41.7 Å². The van der Waals surface area contributed by atoms with Crippen LogP contribution in [0.25, 0.3) is 0 Å². The topological polar surface area (TPSA) is 85.3 Å². The molecule has 0 fully saturated rings. The maximum absolute atomic E-state index is 10.1. The number of nitrogens with one attached hydrogen (secondary N) is 1. The molecular weight excluding hydrogens is 256 g/mol. The highest BCUT2D eigenvalue weighted by atomic mass is 16.3. The average molecular weight is 276 g/mol. The molecule has 0 radical (unpaired) electrons. The molecule has 0 aromatic carbocycles. The van der Waals surface area contributed by atoms with Crippen molar-refractivity contribution in [1.29, 1.82) is 0 Å². The van der Waals surface area contributed by atoms with E-state index in [9.17, 15) is 10.2 Å². The Labute approximate surface area is 118 Å². The van der Waals surface area contributed by atoms with Crippen molar-refractivity contribution >= 4 is 0 Å². The van der Waals surface area contributed by atoms with E-state index in [0.29, 0.717) is 24.3 Å². The zero-order chi connectivity index (χ0) is 14.7. The minimum Gasteiger partial charge on any atom is -0.506 e. The molecule has 2 aromatic heterocycles. The van der Waals surface area contributed by atoms with Crippen LogP contribution in [0.15, 0.2) is 12.4 Å². The number of pyridine rings is 1. The third-order valence-electron chi connectivity index (χ3n) is 3.40. The number of aryl methyl sites for hydroxylation is 2. The van der Waals surface area contributed by atoms with Crippen LogP contribution < -0.4 is 0 Å². The van der Waals surface area contributed by atoms with E-state index in [4.69, 9.17) is 0 Å². The fourth-order valence-corrected chi connectivity index (χ4v) is 2.15. The Morgan fingerprint density at radius 1 is 1.20 bits per heavy atom. The molecule has 0 unspecified atom stereocenters. The van der Waals surface area contributed by atoms with Gasteiger partial charge in [-0.15, -0.1) is 0 Å². The summed E-state index contributed by atoms with van der Waals surface area (Å²) in [6.07, 6.45) is 3.41. The molecule has 20 heavy (non-hydrogen) atoms. The molecular formula is C14H20N4O2. The second-order valence-electron chi connectivity index (χ2n) is 5.05. The normalized spacial score (nSPS) is 11.2. The van der Waals surface area contributed by atoms with Crippen LogP contribution in [0.3, 0.4) is 0 Å². The molecule has 0 atom stereocenters. The minimum atomic E-state index is -0.130. The van der Waals surface area contributed by atoms with Crippen molar-refractivity contribution in [2.75, 3.05) is 7.05 Å². The number of rotatable bonds is 5. The fraction of sp³-hybridized carbons (Fsp3) is 0.429. The number of aromatic nitrogens is 3. The van der Waals surface area contributed by atoms with Crippen molar-refractivity contribution in [3.05, 3.63) is 40.5 Å². The highest BCUT2D eigenvalue weighted by Crippen LogP contribution is 2.25. The molecule has 0 aliphatic carbocycles. The van der Waals surface area contributed by atoms with E-state index in [-0.39, 0.29) is 12.4 Å². The second-order valence-corrected chi connectivity index (χ2v) is 5.05. The second kappa shape index (κ2) is 6.02. The van der Waals surface area contributed by atoms with Crippen molar-refractivity contribution < 1.29 is 10.2 Å². The van der Waals surface area contributed by atoms with Gasteiger partial charge in [0.15, 0.2) is 0 Å². The highest BCUT2D eigenvalue weighted by Gasteiger charge is 2.14. The highest BCUT2D eigenvalue weighted by molar-refractivity contribution is 5.40. The number of nitrogens with zero attached hydrogens (tertiary/aromatic N) is 3. The van der Waals surface area contributed by atoms with E-state index in [1.54, 1.807) is 19.3 Å². The van der Waals surface area contributed by atoms with Gasteiger partial charge in [0.1, 0.15) is 5.75 Å². The lowest BCUT2D eigenvalue weighted by Gasteiger charge is -2.19. The lowest BCUT2D eigenvalue weighted by atomic mass is 10.1. The fourth-order valence-electron chi connectivity index (χ4n) is 2.15. The quantitative estimate of drug-likeness (QED) is 0.765. The third kappa shape index (κ3) is 2.97. The molecule has 0 saturated carbocycles. The van der Waals surface area contributed by atoms with E-state index < -0.39 is 0 Å². The number of aromatic hydroxyl groups is 1. The molecule has 0 aliphatic heterocycles. The zero-order valence-corrected chi connectivity index (χ0v) is 12.0. The molecule has 6 heteroatoms. The summed E-state index contributed by atoms with van der Waals surface area (Å²) >= 11 is 0. The zero-order valence-electron chi connectivity index (χ0n) is 12.0. The molecule has 2 aromatic rings. The first-order valence-corrected chi connectivity index (χ1v) is 6.47. The average Bonchev–Trinajstić information content (AvgIpc) is 2.81. The number of hydrogen-bond acceptors (Lipinski definition) is 5. The molecule has 0 aliphatic rings. The van der Waals surface area contributed by atoms with Gasteiger partial charge in [0.2, 0.25) is 0 Å². The van der Waals surface area contributed by atoms with E-state index in [1.807, 2.05) is 14.0 Å². The van der Waals surface area contributed by atoms with Gasteiger partial charge in [-0.1, -0.05) is 0 Å². The molecule has 2 heterocycles. The van der Waals surface area contributed by atoms with Gasteiger partial charge < -0.3 is 10.2 Å². The first-order valence-electron chi connectivity index (χ1n) is 6.47. The molecule has 0 spiro atoms. The van der Waals surface area contributed by atoms with Crippen molar-refractivity contribution in [3.63, 3.8) is 0 Å². The van der Waals surface area contributed by atoms with Crippen LogP contribution in [0, 0.1) is 13.8 Å². The standard InChI is InChI=1S/C14H20N4O2/c1-9-11(5-16-17-9)6-18(3)7-13-12(8-19)4-15-10(2)14(13)20/h4-5,19-20H,6-8H2,1-3H3,(H,16,17). The van der Waals surface area contributed by atoms with Gasteiger partial charge in [-0.05, 0) is 20.9 Å². The van der Waals surface area contributed by atoms with E-state index in [1.165, 1.54) is 0 Å². The van der Waals surface area contributed by atoms with Crippen molar-refractivity contribution in [3.8, 4) is 5.75 Å². The van der Waals surface area contributed by atoms with Crippen molar-refractivity contribution in [2.45, 2.75) is 33.5 Å². The Morgan fingerprint density at radius 2 is 1.95 bits per heavy atom. The number of H-pyrrole nitrogens is 1. The number of aromatic amines is 1. The third-order valence-corrected chi connectivity index (χ3v) is 3.40. The van der Waals surface area contributed by atoms with Crippen molar-refractivity contribution in [1.82, 2.24) is 20.1 Å². The van der Waals surface area contributed by atoms with Crippen molar-refractivity contribution in [2.24, 2.45) is 0 Å². The molecule has 0 saturated heterocycles. The summed E-state index contributed by atoms with van der Waals surface area (Å²) in [7, 11) is 1.96. The van der Waals surface area contributed by atoms with Crippen LogP contribution in [-0.4, -0.2) is 37.3 Å². The first-order chi connectivity index (χ1) is 9.52. The van der Waals surface area contributed by atoms with Gasteiger partial charge in [-0.3, -0.25) is 15.0 Å². The van der Waals surface area contributed by atoms with E-state index >= 15 is 0 Å². The van der Waals surface area contributed by atoms with Gasteiger partial charge in [0.05, 0.1) is 18.5 Å². The number of aliphatic hydroxyl groups is 1. The summed E-state index contributed by atoms with van der Waals surface area (Å²) in [5.41, 5.74) is 4.11. The van der Waals surface area contributed by atoms with Crippen LogP contribution in [-0.2, 0) is 19.7 Å². The summed E-state index contributed by atoms with van der Waals surface area (Å²) in [5.74, 6) is 0.160. The van der Waals surface area contributed by atoms with Crippen LogP contribution in [0.4, 0.5) is 0 Å². The SMILES string of the molecule is Cc1ncc(CO)c(CN(C)Cc2cn[nH]c2C)c1O. The smallest absolute Gasteiger partial charge is 0.141 e. The van der Waals surface area contributed by atoms with Crippen LogP contribution in [0.1, 0.15) is 28.1 Å². The first kappa shape index (κ1) is 14.5. The maximum atomic E-state index is 10.1. The van der Waals surface area contributed by atoms with Crippen LogP contribution in [0.2, 0.25) is 0 Å². The predicted molar refractivity (Wildman–Crippen MR) is 75.1 cm³/mol. The Kier molecular flexibility index (Phi) is 4.36. The van der Waals surface area contributed by atoms with Gasteiger partial charge >= 0.3 is 0 Å². The van der Waals surface area contributed by atoms with E-state index in [0.717, 1.165) is 16.8 Å². The molecule has 2 rings (SSSR count). The summed E-state index contributed by atoms with van der Waals surface area (Å²) in [6, 6.07) is 0. The maximum Gasteiger partial charge on any atom is 0.141 e. The Hall–Kier alpha value is -1.92. The van der Waals surface area contributed by atoms with Gasteiger partial charge in [0.25, 0.3) is 0 Å². The summed E-state index contributed by atoms with van der Waals surface area (Å²) in [4.78, 5) is 6.12. The summed E-state index contributed by atoms with van der Waals surface area (Å²) < 4.78 is 0. The summed E-state index contributed by atoms with van der Waals surface area (Å²) in [5, 5.41) is 26.4. The predicted octanol–water partition coefficient (Wildman–Crippen LogP) is 1.25. The largest absolute Gasteiger partial charge is 0.506 e. The molecule has 0 bridgehead atoms. The number of aliphatic hydroxyl groups excluding tert-OH is 1. The van der Waals surface area contributed by atoms with Crippen LogP contribution >= 0.6 is 0 Å². The molecule has 108 valence electrons. The lowest BCUT2D eigenvalue weighted by Crippen LogP contribution is -2.19. The molecule has 6 nitrogen and oxygen atoms in total. The Bertz CT molecular complexity index is 595. The Balaban J connectivity index is 2.17. The van der Waals surface area contributed by atoms with Gasteiger partial charge in [-0.2, -0.15) is 5.10 Å². The monoisotopic (exact) mass is 276 g/mol. The minimum absolute atomic E-state index is 0.130. The molecule has 3 N–H and O–H groups in total.